The van der Waals surface area contributed by atoms with Crippen LogP contribution < -0.4 is 10.5 Å². The fourth-order valence-corrected chi connectivity index (χ4v) is 2.55. The van der Waals surface area contributed by atoms with E-state index in [4.69, 9.17) is 10.5 Å². The lowest BCUT2D eigenvalue weighted by Crippen LogP contribution is -2.36. The van der Waals surface area contributed by atoms with Crippen LogP contribution in [0.5, 0.6) is 5.75 Å². The van der Waals surface area contributed by atoms with Crippen molar-refractivity contribution in [2.45, 2.75) is 25.5 Å². The van der Waals surface area contributed by atoms with Gasteiger partial charge in [-0.05, 0) is 43.5 Å². The lowest BCUT2D eigenvalue weighted by atomic mass is 9.82. The minimum atomic E-state index is -0.0694. The number of nitrogens with zero attached hydrogens (tertiary/aromatic N) is 1. The van der Waals surface area contributed by atoms with E-state index in [9.17, 15) is 5.11 Å². The third-order valence-corrected chi connectivity index (χ3v) is 3.53. The Labute approximate surface area is 108 Å². The number of aliphatic hydroxyl groups is 1. The molecule has 0 radical (unpaired) electrons. The van der Waals surface area contributed by atoms with Gasteiger partial charge in [-0.1, -0.05) is 6.07 Å². The van der Waals surface area contributed by atoms with Crippen molar-refractivity contribution in [2.75, 3.05) is 26.4 Å². The van der Waals surface area contributed by atoms with Crippen LogP contribution in [0, 0.1) is 5.92 Å². The molecule has 1 aliphatic rings. The smallest absolute Gasteiger partial charge is 0.141 e. The number of ether oxygens (including phenoxy) is 1. The van der Waals surface area contributed by atoms with E-state index in [1.165, 1.54) is 5.56 Å². The van der Waals surface area contributed by atoms with Gasteiger partial charge in [0.1, 0.15) is 5.75 Å². The van der Waals surface area contributed by atoms with Crippen molar-refractivity contribution in [1.82, 2.24) is 4.90 Å². The Balaban J connectivity index is 1.86. The molecule has 18 heavy (non-hydrogen) atoms. The molecule has 100 valence electrons. The Kier molecular flexibility index (Phi) is 4.09. The van der Waals surface area contributed by atoms with Crippen LogP contribution in [0.15, 0.2) is 18.2 Å². The molecule has 0 spiro atoms. The number of aliphatic hydroxyl groups excluding tert-OH is 1. The molecule has 0 bridgehead atoms. The Bertz CT molecular complexity index is 403. The summed E-state index contributed by atoms with van der Waals surface area (Å²) in [7, 11) is 3.73. The van der Waals surface area contributed by atoms with Gasteiger partial charge in [-0.15, -0.1) is 0 Å². The number of anilines is 1. The number of rotatable bonds is 5. The van der Waals surface area contributed by atoms with Crippen LogP contribution >= 0.6 is 0 Å². The molecule has 2 rings (SSSR count). The Morgan fingerprint density at radius 2 is 2.17 bits per heavy atom. The second-order valence-corrected chi connectivity index (χ2v) is 5.26. The summed E-state index contributed by atoms with van der Waals surface area (Å²) in [5.74, 6) is 1.36. The number of methoxy groups -OCH3 is 1. The summed E-state index contributed by atoms with van der Waals surface area (Å²) in [6, 6.07) is 5.91. The van der Waals surface area contributed by atoms with E-state index in [0.717, 1.165) is 31.7 Å². The van der Waals surface area contributed by atoms with Crippen LogP contribution in [0.25, 0.3) is 0 Å². The highest BCUT2D eigenvalue weighted by atomic mass is 16.5. The molecule has 0 amide bonds. The van der Waals surface area contributed by atoms with Crippen molar-refractivity contribution in [2.24, 2.45) is 5.92 Å². The zero-order valence-electron chi connectivity index (χ0n) is 11.1. The van der Waals surface area contributed by atoms with Crippen LogP contribution in [-0.4, -0.2) is 36.8 Å². The number of hydrogen-bond donors (Lipinski definition) is 2. The van der Waals surface area contributed by atoms with E-state index >= 15 is 0 Å². The van der Waals surface area contributed by atoms with E-state index < -0.39 is 0 Å². The third kappa shape index (κ3) is 3.15. The average Bonchev–Trinajstić information content (AvgIpc) is 2.27. The van der Waals surface area contributed by atoms with Crippen molar-refractivity contribution in [3.63, 3.8) is 0 Å². The molecule has 4 heteroatoms. The maximum absolute atomic E-state index is 9.27. The first-order chi connectivity index (χ1) is 8.58. The lowest BCUT2D eigenvalue weighted by Gasteiger charge is -2.34. The second-order valence-electron chi connectivity index (χ2n) is 5.26. The molecular weight excluding hydrogens is 228 g/mol. The molecule has 0 aromatic heterocycles. The Morgan fingerprint density at radius 1 is 1.44 bits per heavy atom. The van der Waals surface area contributed by atoms with Gasteiger partial charge in [-0.2, -0.15) is 0 Å². The molecule has 0 atom stereocenters. The van der Waals surface area contributed by atoms with E-state index in [1.807, 2.05) is 18.2 Å². The van der Waals surface area contributed by atoms with Gasteiger partial charge in [-0.25, -0.2) is 0 Å². The molecule has 3 N–H and O–H groups in total. The van der Waals surface area contributed by atoms with E-state index in [-0.39, 0.29) is 6.10 Å². The van der Waals surface area contributed by atoms with Crippen molar-refractivity contribution in [3.05, 3.63) is 23.8 Å². The fraction of sp³-hybridized carbons (Fsp3) is 0.571. The lowest BCUT2D eigenvalue weighted by molar-refractivity contribution is 0.0274. The largest absolute Gasteiger partial charge is 0.495 e. The highest BCUT2D eigenvalue weighted by Gasteiger charge is 2.27. The van der Waals surface area contributed by atoms with Crippen LogP contribution in [0.1, 0.15) is 18.4 Å². The SMILES string of the molecule is COc1ccc(CN(C)CC2CC(O)C2)cc1N. The first-order valence-corrected chi connectivity index (χ1v) is 6.37. The number of hydrogen-bond acceptors (Lipinski definition) is 4. The molecule has 1 saturated carbocycles. The molecule has 1 fully saturated rings. The Morgan fingerprint density at radius 3 is 2.72 bits per heavy atom. The van der Waals surface area contributed by atoms with Crippen LogP contribution in [0.4, 0.5) is 5.69 Å². The minimum absolute atomic E-state index is 0.0694. The summed E-state index contributed by atoms with van der Waals surface area (Å²) in [5, 5.41) is 9.27. The van der Waals surface area contributed by atoms with Crippen molar-refractivity contribution in [3.8, 4) is 5.75 Å². The predicted octanol–water partition coefficient (Wildman–Crippen LogP) is 1.48. The normalized spacial score (nSPS) is 22.9. The third-order valence-electron chi connectivity index (χ3n) is 3.53. The summed E-state index contributed by atoms with van der Waals surface area (Å²) in [5.41, 5.74) is 7.76. The summed E-state index contributed by atoms with van der Waals surface area (Å²) in [6.45, 7) is 1.91. The van der Waals surface area contributed by atoms with Crippen LogP contribution in [-0.2, 0) is 6.54 Å². The van der Waals surface area contributed by atoms with Crippen molar-refractivity contribution >= 4 is 5.69 Å². The molecular formula is C14H22N2O2. The summed E-state index contributed by atoms with van der Waals surface area (Å²) >= 11 is 0. The summed E-state index contributed by atoms with van der Waals surface area (Å²) < 4.78 is 5.14. The Hall–Kier alpha value is -1.26. The second kappa shape index (κ2) is 5.59. The van der Waals surface area contributed by atoms with Gasteiger partial charge in [0.2, 0.25) is 0 Å². The molecule has 0 heterocycles. The maximum Gasteiger partial charge on any atom is 0.141 e. The summed E-state index contributed by atoms with van der Waals surface area (Å²) in [6.07, 6.45) is 1.81. The molecule has 0 unspecified atom stereocenters. The van der Waals surface area contributed by atoms with Gasteiger partial charge in [0.15, 0.2) is 0 Å². The fourth-order valence-electron chi connectivity index (χ4n) is 2.55. The zero-order chi connectivity index (χ0) is 13.1. The van der Waals surface area contributed by atoms with Crippen molar-refractivity contribution < 1.29 is 9.84 Å². The van der Waals surface area contributed by atoms with E-state index in [1.54, 1.807) is 7.11 Å². The minimum Gasteiger partial charge on any atom is -0.495 e. The predicted molar refractivity (Wildman–Crippen MR) is 72.5 cm³/mol. The van der Waals surface area contributed by atoms with Gasteiger partial charge in [0.05, 0.1) is 18.9 Å². The monoisotopic (exact) mass is 250 g/mol. The van der Waals surface area contributed by atoms with Crippen molar-refractivity contribution in [1.29, 1.82) is 0 Å². The van der Waals surface area contributed by atoms with Crippen LogP contribution in [0.2, 0.25) is 0 Å². The van der Waals surface area contributed by atoms with Gasteiger partial charge < -0.3 is 20.5 Å². The van der Waals surface area contributed by atoms with Gasteiger partial charge in [0, 0.05) is 13.1 Å². The maximum atomic E-state index is 9.27. The molecule has 1 aromatic carbocycles. The quantitative estimate of drug-likeness (QED) is 0.777. The molecule has 1 aromatic rings. The average molecular weight is 250 g/mol. The van der Waals surface area contributed by atoms with Gasteiger partial charge in [0.25, 0.3) is 0 Å². The standard InChI is InChI=1S/C14H22N2O2/c1-16(9-11-5-12(17)6-11)8-10-3-4-14(18-2)13(15)7-10/h3-4,7,11-12,17H,5-6,8-9,15H2,1-2H3. The highest BCUT2D eigenvalue weighted by Crippen LogP contribution is 2.28. The topological polar surface area (TPSA) is 58.7 Å². The molecule has 4 nitrogen and oxygen atoms in total. The number of nitrogen functional groups attached to an aromatic ring is 1. The zero-order valence-corrected chi connectivity index (χ0v) is 11.1. The van der Waals surface area contributed by atoms with Gasteiger partial charge >= 0.3 is 0 Å². The molecule has 0 saturated heterocycles. The highest BCUT2D eigenvalue weighted by molar-refractivity contribution is 5.54. The summed E-state index contributed by atoms with van der Waals surface area (Å²) in [4.78, 5) is 2.28. The molecule has 0 aliphatic heterocycles. The first kappa shape index (κ1) is 13.2. The van der Waals surface area contributed by atoms with E-state index in [2.05, 4.69) is 11.9 Å². The number of benzene rings is 1. The first-order valence-electron chi connectivity index (χ1n) is 6.37. The number of nitrogens with two attached hydrogens (primary N) is 1. The van der Waals surface area contributed by atoms with Gasteiger partial charge in [-0.3, -0.25) is 0 Å². The van der Waals surface area contributed by atoms with E-state index in [0.29, 0.717) is 11.6 Å². The molecule has 1 aliphatic carbocycles. The van der Waals surface area contributed by atoms with Crippen LogP contribution in [0.3, 0.4) is 0 Å².